The number of carbonyl (C=O) groups is 1. The van der Waals surface area contributed by atoms with E-state index in [1.165, 1.54) is 24.1 Å². The zero-order chi connectivity index (χ0) is 14.2. The van der Waals surface area contributed by atoms with Crippen molar-refractivity contribution in [1.82, 2.24) is 4.90 Å². The van der Waals surface area contributed by atoms with Gasteiger partial charge in [0, 0.05) is 24.3 Å². The second-order valence-corrected chi connectivity index (χ2v) is 6.31. The lowest BCUT2D eigenvalue weighted by Gasteiger charge is -2.43. The lowest BCUT2D eigenvalue weighted by atomic mass is 9.89. The third-order valence-electron chi connectivity index (χ3n) is 5.05. The van der Waals surface area contributed by atoms with Crippen LogP contribution in [0.1, 0.15) is 41.6 Å². The minimum Gasteiger partial charge on any atom is -0.384 e. The first-order valence-corrected chi connectivity index (χ1v) is 8.12. The predicted molar refractivity (Wildman–Crippen MR) is 81.7 cm³/mol. The van der Waals surface area contributed by atoms with Gasteiger partial charge in [0.1, 0.15) is 0 Å². The van der Waals surface area contributed by atoms with Crippen LogP contribution in [0.2, 0.25) is 0 Å². The van der Waals surface area contributed by atoms with Crippen LogP contribution in [0.15, 0.2) is 18.2 Å². The molecule has 2 unspecified atom stereocenters. The van der Waals surface area contributed by atoms with Gasteiger partial charge in [0.25, 0.3) is 5.91 Å². The predicted octanol–water partition coefficient (Wildman–Crippen LogP) is 2.44. The van der Waals surface area contributed by atoms with Gasteiger partial charge in [-0.3, -0.25) is 4.79 Å². The molecule has 1 N–H and O–H groups in total. The van der Waals surface area contributed by atoms with Crippen molar-refractivity contribution in [2.24, 2.45) is 0 Å². The molecule has 2 fully saturated rings. The van der Waals surface area contributed by atoms with Crippen molar-refractivity contribution in [3.8, 4) is 0 Å². The molecule has 21 heavy (non-hydrogen) atoms. The molecule has 4 rings (SSSR count). The summed E-state index contributed by atoms with van der Waals surface area (Å²) in [6, 6.07) is 6.37. The van der Waals surface area contributed by atoms with E-state index in [0.29, 0.717) is 6.61 Å². The number of ether oxygens (including phenoxy) is 1. The second-order valence-electron chi connectivity index (χ2n) is 6.31. The molecule has 0 bridgehead atoms. The number of rotatable bonds is 1. The van der Waals surface area contributed by atoms with Gasteiger partial charge in [0.2, 0.25) is 0 Å². The molecular weight excluding hydrogens is 264 g/mol. The Balaban J connectivity index is 1.58. The lowest BCUT2D eigenvalue weighted by molar-refractivity contribution is -0.0752. The lowest BCUT2D eigenvalue weighted by Crippen LogP contribution is -2.54. The molecule has 3 aliphatic rings. The first-order valence-electron chi connectivity index (χ1n) is 8.12. The average molecular weight is 286 g/mol. The highest BCUT2D eigenvalue weighted by Gasteiger charge is 2.37. The summed E-state index contributed by atoms with van der Waals surface area (Å²) in [5.74, 6) is 0.185. The second kappa shape index (κ2) is 5.34. The van der Waals surface area contributed by atoms with Crippen molar-refractivity contribution in [3.63, 3.8) is 0 Å². The van der Waals surface area contributed by atoms with Crippen LogP contribution in [0.3, 0.4) is 0 Å². The zero-order valence-electron chi connectivity index (χ0n) is 12.3. The smallest absolute Gasteiger partial charge is 0.254 e. The summed E-state index contributed by atoms with van der Waals surface area (Å²) in [4.78, 5) is 15.0. The highest BCUT2D eigenvalue weighted by atomic mass is 16.5. The maximum absolute atomic E-state index is 12.9. The molecule has 2 aliphatic heterocycles. The normalized spacial score (nSPS) is 27.7. The van der Waals surface area contributed by atoms with E-state index in [0.717, 1.165) is 37.9 Å². The van der Waals surface area contributed by atoms with Gasteiger partial charge in [-0.15, -0.1) is 0 Å². The van der Waals surface area contributed by atoms with Crippen molar-refractivity contribution in [2.45, 2.75) is 44.2 Å². The summed E-state index contributed by atoms with van der Waals surface area (Å²) in [5, 5.41) is 3.35. The molecular formula is C17H22N2O2. The number of benzene rings is 1. The van der Waals surface area contributed by atoms with Crippen LogP contribution in [0.4, 0.5) is 5.69 Å². The molecule has 1 saturated heterocycles. The standard InChI is InChI=1S/C17H22N2O2/c20-17(13-5-6-14-12(11-13)7-8-18-14)19-9-10-21-16-4-2-1-3-15(16)19/h5-6,11,15-16,18H,1-4,7-10H2. The van der Waals surface area contributed by atoms with E-state index in [2.05, 4.69) is 16.3 Å². The zero-order valence-corrected chi connectivity index (χ0v) is 12.3. The van der Waals surface area contributed by atoms with Crippen molar-refractivity contribution < 1.29 is 9.53 Å². The minimum atomic E-state index is 0.185. The molecule has 2 heterocycles. The number of nitrogens with zero attached hydrogens (tertiary/aromatic N) is 1. The average Bonchev–Trinajstić information content (AvgIpc) is 3.01. The number of carbonyl (C=O) groups excluding carboxylic acids is 1. The Kier molecular flexibility index (Phi) is 3.34. The van der Waals surface area contributed by atoms with Gasteiger partial charge in [-0.1, -0.05) is 12.8 Å². The Morgan fingerprint density at radius 3 is 3.14 bits per heavy atom. The van der Waals surface area contributed by atoms with Crippen molar-refractivity contribution in [1.29, 1.82) is 0 Å². The molecule has 0 spiro atoms. The van der Waals surface area contributed by atoms with Gasteiger partial charge in [0.05, 0.1) is 18.8 Å². The van der Waals surface area contributed by atoms with Gasteiger partial charge in [0.15, 0.2) is 0 Å². The number of anilines is 1. The van der Waals surface area contributed by atoms with E-state index < -0.39 is 0 Å². The van der Waals surface area contributed by atoms with E-state index in [-0.39, 0.29) is 18.1 Å². The Morgan fingerprint density at radius 1 is 1.29 bits per heavy atom. The first-order chi connectivity index (χ1) is 10.3. The summed E-state index contributed by atoms with van der Waals surface area (Å²) in [6.45, 7) is 2.39. The van der Waals surface area contributed by atoms with E-state index in [1.807, 2.05) is 12.1 Å². The molecule has 0 aromatic heterocycles. The van der Waals surface area contributed by atoms with Gasteiger partial charge in [-0.05, 0) is 43.0 Å². The number of hydrogen-bond donors (Lipinski definition) is 1. The first kappa shape index (κ1) is 13.1. The molecule has 1 aromatic carbocycles. The van der Waals surface area contributed by atoms with Gasteiger partial charge >= 0.3 is 0 Å². The van der Waals surface area contributed by atoms with E-state index >= 15 is 0 Å². The molecule has 1 aliphatic carbocycles. The molecule has 1 amide bonds. The fourth-order valence-corrected chi connectivity index (χ4v) is 3.95. The molecule has 112 valence electrons. The third kappa shape index (κ3) is 2.31. The van der Waals surface area contributed by atoms with E-state index in [4.69, 9.17) is 4.74 Å². The Bertz CT molecular complexity index is 556. The van der Waals surface area contributed by atoms with Gasteiger partial charge < -0.3 is 15.0 Å². The summed E-state index contributed by atoms with van der Waals surface area (Å²) in [6.07, 6.45) is 5.90. The number of fused-ring (bicyclic) bond motifs is 2. The van der Waals surface area contributed by atoms with Crippen molar-refractivity contribution in [2.75, 3.05) is 25.0 Å². The molecule has 1 saturated carbocycles. The largest absolute Gasteiger partial charge is 0.384 e. The van der Waals surface area contributed by atoms with Gasteiger partial charge in [-0.2, -0.15) is 0 Å². The molecule has 2 atom stereocenters. The van der Waals surface area contributed by atoms with Crippen molar-refractivity contribution >= 4 is 11.6 Å². The monoisotopic (exact) mass is 286 g/mol. The molecule has 0 radical (unpaired) electrons. The quantitative estimate of drug-likeness (QED) is 0.862. The number of morpholine rings is 1. The topological polar surface area (TPSA) is 41.6 Å². The van der Waals surface area contributed by atoms with Gasteiger partial charge in [-0.25, -0.2) is 0 Å². The maximum Gasteiger partial charge on any atom is 0.254 e. The Morgan fingerprint density at radius 2 is 2.19 bits per heavy atom. The summed E-state index contributed by atoms with van der Waals surface area (Å²) >= 11 is 0. The Labute approximate surface area is 125 Å². The third-order valence-corrected chi connectivity index (χ3v) is 5.05. The van der Waals surface area contributed by atoms with E-state index in [1.54, 1.807) is 0 Å². The van der Waals surface area contributed by atoms with Crippen LogP contribution in [-0.4, -0.2) is 42.6 Å². The fourth-order valence-electron chi connectivity index (χ4n) is 3.95. The van der Waals surface area contributed by atoms with Crippen LogP contribution in [0.25, 0.3) is 0 Å². The number of hydrogen-bond acceptors (Lipinski definition) is 3. The fraction of sp³-hybridized carbons (Fsp3) is 0.588. The summed E-state index contributed by atoms with van der Waals surface area (Å²) in [5.41, 5.74) is 3.29. The van der Waals surface area contributed by atoms with Crippen LogP contribution in [-0.2, 0) is 11.2 Å². The summed E-state index contributed by atoms with van der Waals surface area (Å²) < 4.78 is 5.87. The highest BCUT2D eigenvalue weighted by Crippen LogP contribution is 2.30. The molecule has 4 nitrogen and oxygen atoms in total. The Hall–Kier alpha value is -1.55. The SMILES string of the molecule is O=C(c1ccc2c(c1)CCN2)N1CCOC2CCCCC21. The van der Waals surface area contributed by atoms with Crippen LogP contribution < -0.4 is 5.32 Å². The van der Waals surface area contributed by atoms with Crippen LogP contribution in [0, 0.1) is 0 Å². The number of nitrogens with one attached hydrogen (secondary N) is 1. The highest BCUT2D eigenvalue weighted by molar-refractivity contribution is 5.95. The van der Waals surface area contributed by atoms with Crippen LogP contribution in [0.5, 0.6) is 0 Å². The number of amides is 1. The minimum absolute atomic E-state index is 0.185. The van der Waals surface area contributed by atoms with Crippen molar-refractivity contribution in [3.05, 3.63) is 29.3 Å². The summed E-state index contributed by atoms with van der Waals surface area (Å²) in [7, 11) is 0. The molecule has 1 aromatic rings. The maximum atomic E-state index is 12.9. The molecule has 4 heteroatoms. The van der Waals surface area contributed by atoms with E-state index in [9.17, 15) is 4.79 Å². The van der Waals surface area contributed by atoms with Crippen LogP contribution >= 0.6 is 0 Å².